The Morgan fingerprint density at radius 3 is 2.40 bits per heavy atom. The van der Waals surface area contributed by atoms with Crippen LogP contribution in [-0.2, 0) is 29.1 Å². The number of thiazole rings is 1. The molecular formula is C34H37N7O5S. The summed E-state index contributed by atoms with van der Waals surface area (Å²) in [4.78, 5) is 49.6. The van der Waals surface area contributed by atoms with Gasteiger partial charge in [-0.3, -0.25) is 14.6 Å². The third kappa shape index (κ3) is 6.58. The molecule has 0 unspecified atom stereocenters. The molecule has 3 aromatic carbocycles. The van der Waals surface area contributed by atoms with Crippen molar-refractivity contribution in [2.24, 2.45) is 0 Å². The third-order valence-electron chi connectivity index (χ3n) is 8.48. The number of nitrogen functional groups attached to an aromatic ring is 1. The van der Waals surface area contributed by atoms with Crippen molar-refractivity contribution in [1.82, 2.24) is 30.1 Å². The van der Waals surface area contributed by atoms with Crippen molar-refractivity contribution in [1.29, 1.82) is 0 Å². The number of nitrogens with zero attached hydrogens (tertiary/aromatic N) is 5. The minimum Gasteiger partial charge on any atom is -0.497 e. The number of nitrogens with two attached hydrogens (primary N) is 1. The number of nitrogens with one attached hydrogen (secondary N) is 1. The average molecular weight is 656 g/mol. The number of methoxy groups -OCH3 is 2. The molecule has 12 nitrogen and oxygen atoms in total. The number of amides is 4. The van der Waals surface area contributed by atoms with Crippen molar-refractivity contribution in [3.63, 3.8) is 0 Å². The van der Waals surface area contributed by atoms with Crippen LogP contribution in [0.25, 0.3) is 10.2 Å². The van der Waals surface area contributed by atoms with Gasteiger partial charge in [0, 0.05) is 19.5 Å². The quantitative estimate of drug-likeness (QED) is 0.234. The lowest BCUT2D eigenvalue weighted by molar-refractivity contribution is -0.157. The van der Waals surface area contributed by atoms with Crippen molar-refractivity contribution >= 4 is 44.5 Å². The van der Waals surface area contributed by atoms with Crippen LogP contribution in [0.3, 0.4) is 0 Å². The van der Waals surface area contributed by atoms with Gasteiger partial charge >= 0.3 is 6.03 Å². The van der Waals surface area contributed by atoms with E-state index in [0.717, 1.165) is 32.7 Å². The number of hydrazine groups is 1. The molecule has 13 heteroatoms. The van der Waals surface area contributed by atoms with Gasteiger partial charge in [0.15, 0.2) is 5.13 Å². The number of hydrogen-bond acceptors (Lipinski definition) is 9. The Bertz CT molecular complexity index is 1780. The number of carbonyl (C=O) groups is 3. The van der Waals surface area contributed by atoms with Crippen molar-refractivity contribution in [2.45, 2.75) is 31.7 Å². The molecule has 2 atom stereocenters. The van der Waals surface area contributed by atoms with E-state index in [-0.39, 0.29) is 50.6 Å². The topological polar surface area (TPSA) is 134 Å². The van der Waals surface area contributed by atoms with E-state index in [1.54, 1.807) is 35.1 Å². The number of piperazine rings is 1. The number of ether oxygens (including phenoxy) is 2. The number of rotatable bonds is 11. The Hall–Kier alpha value is -5.14. The SMILES string of the molecule is C=CCN(C(=O)NCc1ccc(OC)cc1)N1CC(=O)N2[C@@H](Cc3ccc(OC)cc3)C(=O)N(Cc3cccc4sc(N)nc34)C[C@@H]21. The summed E-state index contributed by atoms with van der Waals surface area (Å²) in [5, 5.41) is 6.67. The number of aromatic nitrogens is 1. The molecule has 1 aromatic heterocycles. The van der Waals surface area contributed by atoms with Crippen LogP contribution in [-0.4, -0.2) is 88.7 Å². The van der Waals surface area contributed by atoms with Gasteiger partial charge in [0.05, 0.1) is 44.1 Å². The highest BCUT2D eigenvalue weighted by molar-refractivity contribution is 7.22. The maximum atomic E-state index is 14.3. The van der Waals surface area contributed by atoms with Gasteiger partial charge in [0.1, 0.15) is 23.7 Å². The second kappa shape index (κ2) is 13.7. The zero-order valence-electron chi connectivity index (χ0n) is 26.3. The molecule has 2 aliphatic heterocycles. The fourth-order valence-corrected chi connectivity index (χ4v) is 6.95. The fourth-order valence-electron chi connectivity index (χ4n) is 6.17. The first-order chi connectivity index (χ1) is 22.8. The van der Waals surface area contributed by atoms with E-state index >= 15 is 0 Å². The first kappa shape index (κ1) is 31.8. The lowest BCUT2D eigenvalue weighted by atomic mass is 9.99. The molecule has 3 N–H and O–H groups in total. The molecule has 2 aliphatic rings. The van der Waals surface area contributed by atoms with E-state index in [1.807, 2.05) is 66.7 Å². The van der Waals surface area contributed by atoms with E-state index in [4.69, 9.17) is 15.2 Å². The number of hydrogen-bond donors (Lipinski definition) is 2. The fraction of sp³-hybridized carbons (Fsp3) is 0.294. The molecule has 47 heavy (non-hydrogen) atoms. The number of carbonyl (C=O) groups excluding carboxylic acids is 3. The lowest BCUT2D eigenvalue weighted by Crippen LogP contribution is -2.66. The van der Waals surface area contributed by atoms with Crippen LogP contribution in [0.5, 0.6) is 11.5 Å². The third-order valence-corrected chi connectivity index (χ3v) is 9.33. The predicted octanol–water partition coefficient (Wildman–Crippen LogP) is 3.63. The molecular weight excluding hydrogens is 618 g/mol. The van der Waals surface area contributed by atoms with Gasteiger partial charge in [-0.25, -0.2) is 9.78 Å². The van der Waals surface area contributed by atoms with Crippen LogP contribution < -0.4 is 20.5 Å². The van der Waals surface area contributed by atoms with E-state index < -0.39 is 12.2 Å². The Morgan fingerprint density at radius 2 is 1.74 bits per heavy atom. The smallest absolute Gasteiger partial charge is 0.332 e. The lowest BCUT2D eigenvalue weighted by Gasteiger charge is -2.46. The zero-order chi connectivity index (χ0) is 33.1. The Kier molecular flexibility index (Phi) is 9.27. The monoisotopic (exact) mass is 655 g/mol. The second-order valence-electron chi connectivity index (χ2n) is 11.4. The average Bonchev–Trinajstić information content (AvgIpc) is 3.63. The maximum absolute atomic E-state index is 14.3. The van der Waals surface area contributed by atoms with Gasteiger partial charge in [-0.05, 0) is 47.0 Å². The summed E-state index contributed by atoms with van der Waals surface area (Å²) in [5.74, 6) is 1.02. The van der Waals surface area contributed by atoms with Crippen LogP contribution in [0, 0.1) is 0 Å². The molecule has 0 radical (unpaired) electrons. The summed E-state index contributed by atoms with van der Waals surface area (Å²) in [6, 6.07) is 19.5. The van der Waals surface area contributed by atoms with Crippen molar-refractivity contribution in [2.75, 3.05) is 39.6 Å². The summed E-state index contributed by atoms with van der Waals surface area (Å²) in [5.41, 5.74) is 9.41. The van der Waals surface area contributed by atoms with E-state index in [9.17, 15) is 14.4 Å². The van der Waals surface area contributed by atoms with Crippen molar-refractivity contribution < 1.29 is 23.9 Å². The molecule has 3 heterocycles. The highest BCUT2D eigenvalue weighted by Crippen LogP contribution is 2.32. The van der Waals surface area contributed by atoms with Crippen LogP contribution in [0.2, 0.25) is 0 Å². The molecule has 0 bridgehead atoms. The van der Waals surface area contributed by atoms with Crippen LogP contribution >= 0.6 is 11.3 Å². The second-order valence-corrected chi connectivity index (χ2v) is 12.4. The summed E-state index contributed by atoms with van der Waals surface area (Å²) in [6.07, 6.45) is 1.33. The van der Waals surface area contributed by atoms with Crippen molar-refractivity contribution in [3.05, 3.63) is 96.1 Å². The summed E-state index contributed by atoms with van der Waals surface area (Å²) in [7, 11) is 3.19. The Balaban J connectivity index is 1.30. The van der Waals surface area contributed by atoms with E-state index in [0.29, 0.717) is 17.3 Å². The number of fused-ring (bicyclic) bond motifs is 2. The van der Waals surface area contributed by atoms with Gasteiger partial charge in [0.25, 0.3) is 0 Å². The van der Waals surface area contributed by atoms with E-state index in [1.165, 1.54) is 16.3 Å². The number of urea groups is 1. The van der Waals surface area contributed by atoms with Gasteiger partial charge < -0.3 is 30.3 Å². The normalized spacial score (nSPS) is 17.9. The van der Waals surface area contributed by atoms with Gasteiger partial charge in [-0.2, -0.15) is 5.01 Å². The van der Waals surface area contributed by atoms with Gasteiger partial charge in [-0.15, -0.1) is 6.58 Å². The van der Waals surface area contributed by atoms with Crippen molar-refractivity contribution in [3.8, 4) is 11.5 Å². The molecule has 4 amide bonds. The molecule has 4 aromatic rings. The van der Waals surface area contributed by atoms with Crippen LogP contribution in [0.4, 0.5) is 9.93 Å². The summed E-state index contributed by atoms with van der Waals surface area (Å²) >= 11 is 1.39. The van der Waals surface area contributed by atoms with Crippen LogP contribution in [0.1, 0.15) is 16.7 Å². The standard InChI is InChI=1S/C34H37N7O5S/c1-4-16-39(34(44)36-18-23-10-14-26(46-3)15-11-23)40-21-30(42)41-27(17-22-8-12-25(45-2)13-9-22)32(43)38(20-29(40)41)19-24-6-5-7-28-31(24)37-33(35)47-28/h4-15,27,29H,1,16-21H2,2-3H3,(H2,35,37)(H,36,44)/t27-,29+/m0/s1. The predicted molar refractivity (Wildman–Crippen MR) is 179 cm³/mol. The van der Waals surface area contributed by atoms with Gasteiger partial charge in [-0.1, -0.05) is 53.8 Å². The summed E-state index contributed by atoms with van der Waals surface area (Å²) < 4.78 is 11.5. The summed E-state index contributed by atoms with van der Waals surface area (Å²) in [6.45, 7) is 4.71. The zero-order valence-corrected chi connectivity index (χ0v) is 27.1. The molecule has 244 valence electrons. The molecule has 0 saturated carbocycles. The largest absolute Gasteiger partial charge is 0.497 e. The Labute approximate surface area is 276 Å². The molecule has 0 spiro atoms. The first-order valence-corrected chi connectivity index (χ1v) is 16.0. The first-order valence-electron chi connectivity index (χ1n) is 15.2. The number of anilines is 1. The highest BCUT2D eigenvalue weighted by atomic mass is 32.1. The maximum Gasteiger partial charge on any atom is 0.332 e. The number of benzene rings is 3. The minimum atomic E-state index is -0.785. The number of para-hydroxylation sites is 1. The Morgan fingerprint density at radius 1 is 1.06 bits per heavy atom. The van der Waals surface area contributed by atoms with E-state index in [2.05, 4.69) is 16.9 Å². The molecule has 0 aliphatic carbocycles. The molecule has 2 saturated heterocycles. The van der Waals surface area contributed by atoms with Gasteiger partial charge in [0.2, 0.25) is 11.8 Å². The minimum absolute atomic E-state index is 0.0626. The van der Waals surface area contributed by atoms with Crippen LogP contribution in [0.15, 0.2) is 79.4 Å². The molecule has 2 fully saturated rings. The highest BCUT2D eigenvalue weighted by Gasteiger charge is 2.52. The molecule has 6 rings (SSSR count).